The number of benzene rings is 2. The molecule has 1 fully saturated rings. The molecular formula is C28H30N6O3S. The Labute approximate surface area is 224 Å². The van der Waals surface area contributed by atoms with E-state index in [9.17, 15) is 14.4 Å². The maximum absolute atomic E-state index is 14.0. The highest BCUT2D eigenvalue weighted by Gasteiger charge is 2.35. The van der Waals surface area contributed by atoms with E-state index in [1.807, 2.05) is 41.8 Å². The Hall–Kier alpha value is -4.05. The van der Waals surface area contributed by atoms with Gasteiger partial charge in [0.1, 0.15) is 18.1 Å². The fourth-order valence-electron chi connectivity index (χ4n) is 4.93. The first-order valence-electron chi connectivity index (χ1n) is 12.8. The van der Waals surface area contributed by atoms with E-state index in [1.165, 1.54) is 29.6 Å². The van der Waals surface area contributed by atoms with Crippen LogP contribution in [0.5, 0.6) is 0 Å². The molecule has 4 aromatic rings. The Kier molecular flexibility index (Phi) is 7.78. The summed E-state index contributed by atoms with van der Waals surface area (Å²) in [6, 6.07) is 17.4. The van der Waals surface area contributed by atoms with E-state index in [-0.39, 0.29) is 30.3 Å². The second kappa shape index (κ2) is 11.6. The van der Waals surface area contributed by atoms with Crippen LogP contribution in [-0.2, 0) is 20.9 Å². The van der Waals surface area contributed by atoms with E-state index in [0.29, 0.717) is 16.9 Å². The summed E-state index contributed by atoms with van der Waals surface area (Å²) in [5.41, 5.74) is 2.58. The first kappa shape index (κ1) is 25.6. The summed E-state index contributed by atoms with van der Waals surface area (Å²) in [7, 11) is 0. The van der Waals surface area contributed by atoms with Crippen LogP contribution in [0.4, 0.5) is 11.4 Å². The van der Waals surface area contributed by atoms with Crippen molar-refractivity contribution in [2.45, 2.75) is 57.7 Å². The Morgan fingerprint density at radius 2 is 1.79 bits per heavy atom. The number of carbonyl (C=O) groups excluding carboxylic acids is 3. The van der Waals surface area contributed by atoms with E-state index in [1.54, 1.807) is 28.9 Å². The van der Waals surface area contributed by atoms with Crippen LogP contribution in [0, 0.1) is 0 Å². The number of carbonyl (C=O) groups is 3. The van der Waals surface area contributed by atoms with Crippen LogP contribution in [0.1, 0.15) is 49.9 Å². The van der Waals surface area contributed by atoms with Crippen LogP contribution >= 0.6 is 11.3 Å². The average Bonchev–Trinajstić information content (AvgIpc) is 3.59. The molecule has 1 aliphatic carbocycles. The average molecular weight is 531 g/mol. The van der Waals surface area contributed by atoms with Crippen molar-refractivity contribution in [3.05, 3.63) is 70.9 Å². The maximum Gasteiger partial charge on any atom is 0.249 e. The van der Waals surface area contributed by atoms with Crippen LogP contribution in [0.25, 0.3) is 11.0 Å². The van der Waals surface area contributed by atoms with E-state index in [2.05, 4.69) is 20.9 Å². The molecule has 1 aliphatic rings. The molecular weight excluding hydrogens is 500 g/mol. The molecule has 0 radical (unpaired) electrons. The van der Waals surface area contributed by atoms with Gasteiger partial charge in [0.05, 0.1) is 5.52 Å². The normalized spacial score (nSPS) is 14.7. The fraction of sp³-hybridized carbons (Fsp3) is 0.321. The summed E-state index contributed by atoms with van der Waals surface area (Å²) in [6.45, 7) is 1.35. The van der Waals surface area contributed by atoms with Crippen LogP contribution in [0.3, 0.4) is 0 Å². The maximum atomic E-state index is 14.0. The first-order chi connectivity index (χ1) is 18.5. The van der Waals surface area contributed by atoms with Crippen molar-refractivity contribution in [1.29, 1.82) is 0 Å². The van der Waals surface area contributed by atoms with E-state index >= 15 is 0 Å². The molecule has 2 aromatic carbocycles. The van der Waals surface area contributed by atoms with Gasteiger partial charge < -0.3 is 10.6 Å². The molecule has 0 spiro atoms. The topological polar surface area (TPSA) is 109 Å². The molecule has 9 nitrogen and oxygen atoms in total. The van der Waals surface area contributed by atoms with E-state index < -0.39 is 6.04 Å². The molecule has 0 aliphatic heterocycles. The van der Waals surface area contributed by atoms with Gasteiger partial charge in [-0.05, 0) is 60.7 Å². The third-order valence-corrected chi connectivity index (χ3v) is 7.64. The summed E-state index contributed by atoms with van der Waals surface area (Å²) >= 11 is 1.44. The largest absolute Gasteiger partial charge is 0.351 e. The first-order valence-corrected chi connectivity index (χ1v) is 13.7. The van der Waals surface area contributed by atoms with Gasteiger partial charge in [-0.25, -0.2) is 4.68 Å². The number of fused-ring (bicyclic) bond motifs is 1. The van der Waals surface area contributed by atoms with E-state index in [0.717, 1.165) is 36.1 Å². The Morgan fingerprint density at radius 1 is 1.03 bits per heavy atom. The molecule has 2 aromatic heterocycles. The van der Waals surface area contributed by atoms with Crippen LogP contribution in [0.2, 0.25) is 0 Å². The number of para-hydroxylation sites is 1. The highest BCUT2D eigenvalue weighted by atomic mass is 32.1. The zero-order chi connectivity index (χ0) is 26.5. The summed E-state index contributed by atoms with van der Waals surface area (Å²) in [6.07, 6.45) is 5.22. The van der Waals surface area contributed by atoms with Crippen molar-refractivity contribution in [3.8, 4) is 0 Å². The number of hydrogen-bond acceptors (Lipinski definition) is 6. The lowest BCUT2D eigenvalue weighted by Crippen LogP contribution is -2.48. The third-order valence-electron chi connectivity index (χ3n) is 6.71. The van der Waals surface area contributed by atoms with Gasteiger partial charge >= 0.3 is 0 Å². The molecule has 0 saturated heterocycles. The number of thiophene rings is 1. The number of aromatic nitrogens is 3. The van der Waals surface area contributed by atoms with Gasteiger partial charge in [0.15, 0.2) is 0 Å². The number of nitrogens with one attached hydrogen (secondary N) is 2. The molecule has 5 rings (SSSR count). The van der Waals surface area contributed by atoms with Gasteiger partial charge in [-0.2, -0.15) is 0 Å². The van der Waals surface area contributed by atoms with Crippen LogP contribution in [-0.4, -0.2) is 38.8 Å². The molecule has 1 atom stereocenters. The summed E-state index contributed by atoms with van der Waals surface area (Å²) in [5, 5.41) is 16.2. The zero-order valence-corrected chi connectivity index (χ0v) is 22.0. The number of anilines is 2. The third kappa shape index (κ3) is 5.75. The smallest absolute Gasteiger partial charge is 0.249 e. The zero-order valence-electron chi connectivity index (χ0n) is 21.2. The summed E-state index contributed by atoms with van der Waals surface area (Å²) < 4.78 is 1.56. The van der Waals surface area contributed by atoms with Gasteiger partial charge in [-0.15, -0.1) is 16.4 Å². The molecule has 196 valence electrons. The molecule has 1 saturated carbocycles. The molecule has 0 bridgehead atoms. The minimum Gasteiger partial charge on any atom is -0.351 e. The van der Waals surface area contributed by atoms with Crippen molar-refractivity contribution in [1.82, 2.24) is 20.3 Å². The van der Waals surface area contributed by atoms with Crippen molar-refractivity contribution in [2.75, 3.05) is 10.2 Å². The lowest BCUT2D eigenvalue weighted by atomic mass is 9.95. The van der Waals surface area contributed by atoms with Gasteiger partial charge in [0, 0.05) is 29.2 Å². The number of hydrogen-bond donors (Lipinski definition) is 2. The predicted octanol–water partition coefficient (Wildman–Crippen LogP) is 4.67. The molecule has 2 heterocycles. The van der Waals surface area contributed by atoms with Crippen molar-refractivity contribution in [3.63, 3.8) is 0 Å². The van der Waals surface area contributed by atoms with Crippen LogP contribution in [0.15, 0.2) is 66.0 Å². The molecule has 38 heavy (non-hydrogen) atoms. The highest BCUT2D eigenvalue weighted by Crippen LogP contribution is 2.32. The molecule has 3 amide bonds. The minimum absolute atomic E-state index is 0.0907. The standard InChI is InChI=1S/C28H30N6O3S/c1-19(35)29-21-13-15-22(16-14-21)34(26(36)18-33-24-11-6-5-10-23(24)31-32-33)27(25-12-7-17-38-25)28(37)30-20-8-3-2-4-9-20/h5-7,10-17,20,27H,2-4,8-9,18H2,1H3,(H,29,35)(H,30,37)/t27-/m0/s1. The predicted molar refractivity (Wildman–Crippen MR) is 148 cm³/mol. The lowest BCUT2D eigenvalue weighted by molar-refractivity contribution is -0.127. The number of rotatable bonds is 8. The monoisotopic (exact) mass is 530 g/mol. The van der Waals surface area contributed by atoms with Gasteiger partial charge in [0.25, 0.3) is 0 Å². The number of amides is 3. The minimum atomic E-state index is -0.856. The summed E-state index contributed by atoms with van der Waals surface area (Å²) in [4.78, 5) is 41.7. The SMILES string of the molecule is CC(=O)Nc1ccc(N(C(=O)Cn2nnc3ccccc32)[C@H](C(=O)NC2CCCCC2)c2cccs2)cc1. The summed E-state index contributed by atoms with van der Waals surface area (Å²) in [5.74, 6) is -0.695. The van der Waals surface area contributed by atoms with Crippen molar-refractivity contribution in [2.24, 2.45) is 0 Å². The quantitative estimate of drug-likeness (QED) is 0.344. The Morgan fingerprint density at radius 3 is 2.50 bits per heavy atom. The van der Waals surface area contributed by atoms with Crippen LogP contribution < -0.4 is 15.5 Å². The number of nitrogens with zero attached hydrogens (tertiary/aromatic N) is 4. The molecule has 2 N–H and O–H groups in total. The van der Waals surface area contributed by atoms with Gasteiger partial charge in [-0.3, -0.25) is 19.3 Å². The van der Waals surface area contributed by atoms with Crippen molar-refractivity contribution >= 4 is 51.5 Å². The van der Waals surface area contributed by atoms with Crippen molar-refractivity contribution < 1.29 is 14.4 Å². The molecule has 0 unspecified atom stereocenters. The van der Waals surface area contributed by atoms with Gasteiger partial charge in [-0.1, -0.05) is 42.7 Å². The van der Waals surface area contributed by atoms with E-state index in [4.69, 9.17) is 0 Å². The fourth-order valence-corrected chi connectivity index (χ4v) is 5.74. The lowest BCUT2D eigenvalue weighted by Gasteiger charge is -2.33. The second-order valence-corrected chi connectivity index (χ2v) is 10.5. The second-order valence-electron chi connectivity index (χ2n) is 9.49. The van der Waals surface area contributed by atoms with Gasteiger partial charge in [0.2, 0.25) is 17.7 Å². The molecule has 10 heteroatoms. The Balaban J connectivity index is 1.52. The Bertz CT molecular complexity index is 1410. The highest BCUT2D eigenvalue weighted by molar-refractivity contribution is 7.10.